The maximum Gasteiger partial charge on any atom is 0.264 e. The highest BCUT2D eigenvalue weighted by atomic mass is 32.2. The standard InChI is InChI=1S/C21H23N3O5S/c1-13-4-5-14(2)19(10-13)24-12-16(11-20(24)26)21(27)22-17-6-8-18(9-7-17)30(28,29)23-15(3)25/h4-10,16H,11-12H2,1-3H3,(H,22,27)(H,23,25). The molecule has 1 fully saturated rings. The van der Waals surface area contributed by atoms with E-state index in [2.05, 4.69) is 5.32 Å². The lowest BCUT2D eigenvalue weighted by molar-refractivity contribution is -0.122. The van der Waals surface area contributed by atoms with Crippen LogP contribution < -0.4 is 14.9 Å². The third kappa shape index (κ3) is 4.68. The van der Waals surface area contributed by atoms with Crippen molar-refractivity contribution in [3.05, 3.63) is 53.6 Å². The van der Waals surface area contributed by atoms with Crippen LogP contribution in [0.5, 0.6) is 0 Å². The maximum absolute atomic E-state index is 12.7. The van der Waals surface area contributed by atoms with Gasteiger partial charge in [0, 0.05) is 31.3 Å². The van der Waals surface area contributed by atoms with Gasteiger partial charge >= 0.3 is 0 Å². The molecule has 1 saturated heterocycles. The summed E-state index contributed by atoms with van der Waals surface area (Å²) in [6.45, 7) is 5.26. The summed E-state index contributed by atoms with van der Waals surface area (Å²) in [6, 6.07) is 11.3. The highest BCUT2D eigenvalue weighted by Gasteiger charge is 2.35. The molecule has 0 aliphatic carbocycles. The second-order valence-electron chi connectivity index (χ2n) is 7.37. The van der Waals surface area contributed by atoms with Gasteiger partial charge in [0.1, 0.15) is 0 Å². The van der Waals surface area contributed by atoms with E-state index in [1.165, 1.54) is 24.3 Å². The molecule has 158 valence electrons. The van der Waals surface area contributed by atoms with E-state index in [-0.39, 0.29) is 29.7 Å². The van der Waals surface area contributed by atoms with E-state index in [4.69, 9.17) is 0 Å². The van der Waals surface area contributed by atoms with Crippen molar-refractivity contribution in [3.63, 3.8) is 0 Å². The molecule has 2 aromatic carbocycles. The molecule has 0 bridgehead atoms. The molecular weight excluding hydrogens is 406 g/mol. The van der Waals surface area contributed by atoms with Gasteiger partial charge in [0.25, 0.3) is 10.0 Å². The molecule has 1 atom stereocenters. The van der Waals surface area contributed by atoms with Gasteiger partial charge in [-0.05, 0) is 55.3 Å². The van der Waals surface area contributed by atoms with Crippen LogP contribution in [0.25, 0.3) is 0 Å². The van der Waals surface area contributed by atoms with Gasteiger partial charge in [-0.1, -0.05) is 12.1 Å². The molecular formula is C21H23N3O5S. The lowest BCUT2D eigenvalue weighted by Gasteiger charge is -2.19. The number of sulfonamides is 1. The minimum Gasteiger partial charge on any atom is -0.326 e. The molecule has 8 nitrogen and oxygen atoms in total. The summed E-state index contributed by atoms with van der Waals surface area (Å²) in [6.07, 6.45) is 0.105. The minimum atomic E-state index is -3.94. The topological polar surface area (TPSA) is 113 Å². The molecule has 0 saturated carbocycles. The number of hydrogen-bond acceptors (Lipinski definition) is 5. The fourth-order valence-corrected chi connectivity index (χ4v) is 4.33. The number of nitrogens with one attached hydrogen (secondary N) is 2. The molecule has 1 heterocycles. The van der Waals surface area contributed by atoms with Crippen molar-refractivity contribution in [2.24, 2.45) is 5.92 Å². The van der Waals surface area contributed by atoms with Crippen molar-refractivity contribution in [2.75, 3.05) is 16.8 Å². The Morgan fingerprint density at radius 3 is 2.37 bits per heavy atom. The van der Waals surface area contributed by atoms with E-state index < -0.39 is 21.8 Å². The monoisotopic (exact) mass is 429 g/mol. The van der Waals surface area contributed by atoms with Gasteiger partial charge in [-0.15, -0.1) is 0 Å². The fourth-order valence-electron chi connectivity index (χ4n) is 3.34. The Bertz CT molecular complexity index is 1110. The van der Waals surface area contributed by atoms with Crippen molar-refractivity contribution < 1.29 is 22.8 Å². The van der Waals surface area contributed by atoms with Crippen LogP contribution in [0.1, 0.15) is 24.5 Å². The van der Waals surface area contributed by atoms with Gasteiger partial charge in [-0.2, -0.15) is 0 Å². The minimum absolute atomic E-state index is 0.0900. The van der Waals surface area contributed by atoms with Crippen molar-refractivity contribution in [1.29, 1.82) is 0 Å². The number of amides is 3. The number of hydrogen-bond donors (Lipinski definition) is 2. The molecule has 0 radical (unpaired) electrons. The van der Waals surface area contributed by atoms with Gasteiger partial charge in [0.2, 0.25) is 17.7 Å². The van der Waals surface area contributed by atoms with Crippen LogP contribution in [0.2, 0.25) is 0 Å². The van der Waals surface area contributed by atoms with Crippen molar-refractivity contribution in [2.45, 2.75) is 32.1 Å². The molecule has 0 spiro atoms. The fraction of sp³-hybridized carbons (Fsp3) is 0.286. The third-order valence-electron chi connectivity index (χ3n) is 4.86. The maximum atomic E-state index is 12.7. The van der Waals surface area contributed by atoms with Gasteiger partial charge in [-0.25, -0.2) is 13.1 Å². The zero-order chi connectivity index (χ0) is 22.1. The summed E-state index contributed by atoms with van der Waals surface area (Å²) in [5.74, 6) is -1.62. The molecule has 30 heavy (non-hydrogen) atoms. The van der Waals surface area contributed by atoms with E-state index in [1.54, 1.807) is 4.90 Å². The van der Waals surface area contributed by atoms with E-state index in [0.717, 1.165) is 23.7 Å². The van der Waals surface area contributed by atoms with Gasteiger partial charge in [0.15, 0.2) is 0 Å². The third-order valence-corrected chi connectivity index (χ3v) is 6.31. The van der Waals surface area contributed by atoms with E-state index in [1.807, 2.05) is 36.8 Å². The second-order valence-corrected chi connectivity index (χ2v) is 9.05. The van der Waals surface area contributed by atoms with Crippen LogP contribution in [0.3, 0.4) is 0 Å². The molecule has 1 aliphatic heterocycles. The Morgan fingerprint density at radius 1 is 1.07 bits per heavy atom. The molecule has 3 amide bonds. The second kappa shape index (κ2) is 8.27. The summed E-state index contributed by atoms with van der Waals surface area (Å²) in [5, 5.41) is 2.72. The molecule has 1 aliphatic rings. The Kier molecular flexibility index (Phi) is 5.93. The normalized spacial score (nSPS) is 16.4. The zero-order valence-electron chi connectivity index (χ0n) is 16.9. The number of aryl methyl sites for hydroxylation is 2. The predicted molar refractivity (Wildman–Crippen MR) is 112 cm³/mol. The largest absolute Gasteiger partial charge is 0.326 e. The zero-order valence-corrected chi connectivity index (χ0v) is 17.7. The Labute approximate surface area is 175 Å². The average molecular weight is 429 g/mol. The smallest absolute Gasteiger partial charge is 0.264 e. The number of rotatable bonds is 5. The summed E-state index contributed by atoms with van der Waals surface area (Å²) < 4.78 is 25.8. The molecule has 9 heteroatoms. The van der Waals surface area contributed by atoms with Crippen LogP contribution in [0.15, 0.2) is 47.4 Å². The number of anilines is 2. The van der Waals surface area contributed by atoms with Crippen LogP contribution in [-0.2, 0) is 24.4 Å². The highest BCUT2D eigenvalue weighted by molar-refractivity contribution is 7.90. The highest BCUT2D eigenvalue weighted by Crippen LogP contribution is 2.29. The first-order valence-corrected chi connectivity index (χ1v) is 10.9. The Hall–Kier alpha value is -3.20. The molecule has 2 aromatic rings. The number of benzene rings is 2. The SMILES string of the molecule is CC(=O)NS(=O)(=O)c1ccc(NC(=O)C2CC(=O)N(c3cc(C)ccc3C)C2)cc1. The van der Waals surface area contributed by atoms with Gasteiger partial charge < -0.3 is 10.2 Å². The van der Waals surface area contributed by atoms with Crippen LogP contribution in [-0.4, -0.2) is 32.7 Å². The van der Waals surface area contributed by atoms with E-state index in [0.29, 0.717) is 5.69 Å². The number of carbonyl (C=O) groups is 3. The predicted octanol–water partition coefficient (Wildman–Crippen LogP) is 2.12. The molecule has 3 rings (SSSR count). The summed E-state index contributed by atoms with van der Waals surface area (Å²) in [4.78, 5) is 37.7. The first-order chi connectivity index (χ1) is 14.1. The number of nitrogens with zero attached hydrogens (tertiary/aromatic N) is 1. The lowest BCUT2D eigenvalue weighted by atomic mass is 10.1. The first kappa shape index (κ1) is 21.5. The van der Waals surface area contributed by atoms with Crippen molar-refractivity contribution in [3.8, 4) is 0 Å². The average Bonchev–Trinajstić information content (AvgIpc) is 3.05. The van der Waals surface area contributed by atoms with Crippen LogP contribution in [0.4, 0.5) is 11.4 Å². The van der Waals surface area contributed by atoms with Crippen molar-refractivity contribution >= 4 is 39.1 Å². The quantitative estimate of drug-likeness (QED) is 0.756. The first-order valence-electron chi connectivity index (χ1n) is 9.39. The number of carbonyl (C=O) groups excluding carboxylic acids is 3. The summed E-state index contributed by atoms with van der Waals surface area (Å²) >= 11 is 0. The summed E-state index contributed by atoms with van der Waals surface area (Å²) in [5.41, 5.74) is 3.21. The lowest BCUT2D eigenvalue weighted by Crippen LogP contribution is -2.29. The van der Waals surface area contributed by atoms with Crippen molar-refractivity contribution in [1.82, 2.24) is 4.72 Å². The molecule has 1 unspecified atom stereocenters. The summed E-state index contributed by atoms with van der Waals surface area (Å²) in [7, 11) is -3.94. The van der Waals surface area contributed by atoms with Crippen LogP contribution in [0, 0.1) is 19.8 Å². The van der Waals surface area contributed by atoms with E-state index >= 15 is 0 Å². The van der Waals surface area contributed by atoms with Gasteiger partial charge in [0.05, 0.1) is 10.8 Å². The van der Waals surface area contributed by atoms with E-state index in [9.17, 15) is 22.8 Å². The Balaban J connectivity index is 1.69. The molecule has 2 N–H and O–H groups in total. The molecule has 0 aromatic heterocycles. The Morgan fingerprint density at radius 2 is 1.73 bits per heavy atom. The van der Waals surface area contributed by atoms with Gasteiger partial charge in [-0.3, -0.25) is 14.4 Å². The van der Waals surface area contributed by atoms with Crippen LogP contribution >= 0.6 is 0 Å².